The molecule has 1 aromatic carbocycles. The first kappa shape index (κ1) is 14.5. The third-order valence-corrected chi connectivity index (χ3v) is 5.09. The highest BCUT2D eigenvalue weighted by molar-refractivity contribution is 5.86. The van der Waals surface area contributed by atoms with Crippen LogP contribution in [-0.2, 0) is 13.0 Å². The van der Waals surface area contributed by atoms with E-state index >= 15 is 0 Å². The first-order valence-corrected chi connectivity index (χ1v) is 8.36. The lowest BCUT2D eigenvalue weighted by molar-refractivity contribution is 0.308. The van der Waals surface area contributed by atoms with E-state index in [1.54, 1.807) is 0 Å². The van der Waals surface area contributed by atoms with Crippen molar-refractivity contribution in [2.24, 2.45) is 0 Å². The van der Waals surface area contributed by atoms with E-state index in [9.17, 15) is 0 Å². The van der Waals surface area contributed by atoms with Crippen LogP contribution in [0.15, 0.2) is 42.7 Å². The molecule has 0 saturated carbocycles. The predicted molar refractivity (Wildman–Crippen MR) is 94.8 cm³/mol. The number of hydrogen-bond donors (Lipinski definition) is 0. The standard InChI is InChI=1S/C20H23N3/c1-14-6-7-19-17(11-14)18-13-22(3)10-8-20(18)23(19)15(2)16-5-4-9-21-12-16/h4-7,9,11-12,15H,8,10,13H2,1-3H3. The molecule has 118 valence electrons. The van der Waals surface area contributed by atoms with Gasteiger partial charge in [0, 0.05) is 48.5 Å². The number of rotatable bonds is 2. The highest BCUT2D eigenvalue weighted by Gasteiger charge is 2.25. The monoisotopic (exact) mass is 305 g/mol. The van der Waals surface area contributed by atoms with Gasteiger partial charge >= 0.3 is 0 Å². The maximum absolute atomic E-state index is 4.31. The van der Waals surface area contributed by atoms with Gasteiger partial charge in [-0.15, -0.1) is 0 Å². The van der Waals surface area contributed by atoms with Crippen LogP contribution in [0.2, 0.25) is 0 Å². The number of nitrogens with zero attached hydrogens (tertiary/aromatic N) is 3. The Morgan fingerprint density at radius 1 is 1.22 bits per heavy atom. The first-order chi connectivity index (χ1) is 11.1. The Hall–Kier alpha value is -2.13. The van der Waals surface area contributed by atoms with Gasteiger partial charge in [-0.2, -0.15) is 0 Å². The van der Waals surface area contributed by atoms with Crippen molar-refractivity contribution in [2.45, 2.75) is 32.9 Å². The molecule has 3 heteroatoms. The minimum absolute atomic E-state index is 0.307. The quantitative estimate of drug-likeness (QED) is 0.715. The van der Waals surface area contributed by atoms with E-state index in [0.29, 0.717) is 6.04 Å². The van der Waals surface area contributed by atoms with Crippen molar-refractivity contribution in [3.63, 3.8) is 0 Å². The smallest absolute Gasteiger partial charge is 0.0575 e. The van der Waals surface area contributed by atoms with Gasteiger partial charge in [0.05, 0.1) is 6.04 Å². The average molecular weight is 305 g/mol. The van der Waals surface area contributed by atoms with Crippen LogP contribution in [0.5, 0.6) is 0 Å². The lowest BCUT2D eigenvalue weighted by atomic mass is 10.0. The molecule has 1 unspecified atom stereocenters. The minimum atomic E-state index is 0.307. The highest BCUT2D eigenvalue weighted by atomic mass is 15.1. The van der Waals surface area contributed by atoms with Crippen LogP contribution in [0.25, 0.3) is 10.9 Å². The van der Waals surface area contributed by atoms with E-state index in [-0.39, 0.29) is 0 Å². The van der Waals surface area contributed by atoms with Crippen LogP contribution in [0.3, 0.4) is 0 Å². The molecule has 2 aromatic heterocycles. The van der Waals surface area contributed by atoms with Crippen molar-refractivity contribution in [1.29, 1.82) is 0 Å². The summed E-state index contributed by atoms with van der Waals surface area (Å²) in [6.07, 6.45) is 4.95. The maximum Gasteiger partial charge on any atom is 0.0575 e. The summed E-state index contributed by atoms with van der Waals surface area (Å²) in [6.45, 7) is 6.64. The topological polar surface area (TPSA) is 21.1 Å². The van der Waals surface area contributed by atoms with Gasteiger partial charge in [-0.3, -0.25) is 4.98 Å². The van der Waals surface area contributed by atoms with Gasteiger partial charge in [-0.25, -0.2) is 0 Å². The zero-order valence-electron chi connectivity index (χ0n) is 14.1. The van der Waals surface area contributed by atoms with Gasteiger partial charge in [0.2, 0.25) is 0 Å². The average Bonchev–Trinajstić information content (AvgIpc) is 2.88. The number of aromatic nitrogens is 2. The summed E-state index contributed by atoms with van der Waals surface area (Å²) >= 11 is 0. The van der Waals surface area contributed by atoms with Crippen LogP contribution < -0.4 is 0 Å². The second-order valence-corrected chi connectivity index (χ2v) is 6.77. The number of aryl methyl sites for hydroxylation is 1. The molecule has 3 nitrogen and oxygen atoms in total. The molecular weight excluding hydrogens is 282 g/mol. The molecule has 4 rings (SSSR count). The van der Waals surface area contributed by atoms with E-state index in [1.807, 2.05) is 18.5 Å². The Labute approximate surface area is 137 Å². The van der Waals surface area contributed by atoms with Crippen LogP contribution >= 0.6 is 0 Å². The Morgan fingerprint density at radius 3 is 2.87 bits per heavy atom. The lowest BCUT2D eigenvalue weighted by Gasteiger charge is -2.26. The second-order valence-electron chi connectivity index (χ2n) is 6.77. The molecule has 0 fully saturated rings. The van der Waals surface area contributed by atoms with E-state index in [0.717, 1.165) is 19.5 Å². The van der Waals surface area contributed by atoms with Crippen molar-refractivity contribution in [3.05, 3.63) is 65.1 Å². The van der Waals surface area contributed by atoms with Crippen molar-refractivity contribution >= 4 is 10.9 Å². The Balaban J connectivity index is 1.96. The molecular formula is C20H23N3. The molecule has 0 saturated heterocycles. The molecule has 0 spiro atoms. The molecule has 0 amide bonds. The van der Waals surface area contributed by atoms with E-state index in [2.05, 4.69) is 59.6 Å². The number of likely N-dealkylation sites (N-methyl/N-ethyl adjacent to an activating group) is 1. The van der Waals surface area contributed by atoms with E-state index in [4.69, 9.17) is 0 Å². The maximum atomic E-state index is 4.31. The minimum Gasteiger partial charge on any atom is -0.337 e. The van der Waals surface area contributed by atoms with Crippen molar-refractivity contribution in [1.82, 2.24) is 14.5 Å². The molecule has 3 aromatic rings. The number of fused-ring (bicyclic) bond motifs is 3. The fourth-order valence-corrected chi connectivity index (χ4v) is 3.86. The fourth-order valence-electron chi connectivity index (χ4n) is 3.86. The lowest BCUT2D eigenvalue weighted by Crippen LogP contribution is -2.28. The van der Waals surface area contributed by atoms with Crippen LogP contribution in [0.1, 0.15) is 35.3 Å². The zero-order valence-corrected chi connectivity index (χ0v) is 14.1. The number of pyridine rings is 1. The Kier molecular flexibility index (Phi) is 3.46. The summed E-state index contributed by atoms with van der Waals surface area (Å²) in [7, 11) is 2.21. The predicted octanol–water partition coefficient (Wildman–Crippen LogP) is 3.94. The summed E-state index contributed by atoms with van der Waals surface area (Å²) in [5.74, 6) is 0. The zero-order chi connectivity index (χ0) is 16.0. The molecule has 0 bridgehead atoms. The summed E-state index contributed by atoms with van der Waals surface area (Å²) in [6, 6.07) is 11.4. The normalized spacial score (nSPS) is 16.5. The van der Waals surface area contributed by atoms with Crippen LogP contribution in [-0.4, -0.2) is 28.0 Å². The molecule has 1 aliphatic rings. The number of benzene rings is 1. The van der Waals surface area contributed by atoms with E-state index in [1.165, 1.54) is 33.3 Å². The van der Waals surface area contributed by atoms with Crippen molar-refractivity contribution < 1.29 is 0 Å². The Bertz CT molecular complexity index is 848. The fraction of sp³-hybridized carbons (Fsp3) is 0.350. The van der Waals surface area contributed by atoms with Gasteiger partial charge in [0.1, 0.15) is 0 Å². The van der Waals surface area contributed by atoms with E-state index < -0.39 is 0 Å². The molecule has 3 heterocycles. The highest BCUT2D eigenvalue weighted by Crippen LogP contribution is 2.35. The summed E-state index contributed by atoms with van der Waals surface area (Å²) in [5.41, 5.74) is 6.96. The SMILES string of the molecule is Cc1ccc2c(c1)c1c(n2C(C)c2cccnc2)CCN(C)C1. The third kappa shape index (κ3) is 2.36. The summed E-state index contributed by atoms with van der Waals surface area (Å²) in [5, 5.41) is 1.42. The largest absolute Gasteiger partial charge is 0.337 e. The van der Waals surface area contributed by atoms with Crippen molar-refractivity contribution in [3.8, 4) is 0 Å². The molecule has 0 N–H and O–H groups in total. The van der Waals surface area contributed by atoms with Gasteiger partial charge in [-0.1, -0.05) is 17.7 Å². The van der Waals surface area contributed by atoms with Gasteiger partial charge in [-0.05, 0) is 50.2 Å². The third-order valence-electron chi connectivity index (χ3n) is 5.09. The second kappa shape index (κ2) is 5.50. The molecule has 0 aliphatic carbocycles. The first-order valence-electron chi connectivity index (χ1n) is 8.36. The molecule has 1 aliphatic heterocycles. The summed E-state index contributed by atoms with van der Waals surface area (Å²) < 4.78 is 2.54. The van der Waals surface area contributed by atoms with Gasteiger partial charge in [0.15, 0.2) is 0 Å². The van der Waals surface area contributed by atoms with Gasteiger partial charge < -0.3 is 9.47 Å². The number of hydrogen-bond acceptors (Lipinski definition) is 2. The van der Waals surface area contributed by atoms with Crippen LogP contribution in [0, 0.1) is 6.92 Å². The van der Waals surface area contributed by atoms with Crippen LogP contribution in [0.4, 0.5) is 0 Å². The van der Waals surface area contributed by atoms with Crippen molar-refractivity contribution in [2.75, 3.05) is 13.6 Å². The molecule has 0 radical (unpaired) electrons. The summed E-state index contributed by atoms with van der Waals surface area (Å²) in [4.78, 5) is 6.73. The molecule has 23 heavy (non-hydrogen) atoms. The molecule has 1 atom stereocenters. The van der Waals surface area contributed by atoms with Gasteiger partial charge in [0.25, 0.3) is 0 Å². The Morgan fingerprint density at radius 2 is 2.09 bits per heavy atom.